The minimum absolute atomic E-state index is 0.0851. The second-order valence-corrected chi connectivity index (χ2v) is 8.15. The smallest absolute Gasteiger partial charge is 0.310 e. The normalized spacial score (nSPS) is 20.9. The fraction of sp³-hybridized carbons (Fsp3) is 0.913. The van der Waals surface area contributed by atoms with E-state index in [2.05, 4.69) is 6.92 Å². The first-order valence-electron chi connectivity index (χ1n) is 11.5. The molecule has 0 aromatic heterocycles. The molecule has 0 heterocycles. The minimum Gasteiger partial charge on any atom is -0.465 e. The van der Waals surface area contributed by atoms with Crippen molar-refractivity contribution >= 4 is 11.9 Å². The second-order valence-electron chi connectivity index (χ2n) is 8.15. The van der Waals surface area contributed by atoms with Crippen molar-refractivity contribution in [3.8, 4) is 0 Å². The van der Waals surface area contributed by atoms with E-state index in [-0.39, 0.29) is 29.9 Å². The Hall–Kier alpha value is -1.06. The number of rotatable bonds is 14. The average Bonchev–Trinajstić information content (AvgIpc) is 2.69. The summed E-state index contributed by atoms with van der Waals surface area (Å²) in [7, 11) is 0. The van der Waals surface area contributed by atoms with E-state index >= 15 is 0 Å². The molecule has 158 valence electrons. The van der Waals surface area contributed by atoms with E-state index in [0.717, 1.165) is 44.9 Å². The standard InChI is InChI=1S/C23H42O4/c1-4-6-7-8-9-10-11-12-15-18-26-22(24)20-16-13-14-17-21(20)23(25)27-19(3)5-2/h19-21H,4-18H2,1-3H3. The quantitative estimate of drug-likeness (QED) is 0.265. The Labute approximate surface area is 166 Å². The highest BCUT2D eigenvalue weighted by molar-refractivity contribution is 5.82. The Morgan fingerprint density at radius 2 is 1.33 bits per heavy atom. The van der Waals surface area contributed by atoms with Crippen molar-refractivity contribution in [2.24, 2.45) is 11.8 Å². The summed E-state index contributed by atoms with van der Waals surface area (Å²) < 4.78 is 11.0. The fourth-order valence-corrected chi connectivity index (χ4v) is 3.76. The van der Waals surface area contributed by atoms with Crippen LogP contribution >= 0.6 is 0 Å². The third-order valence-electron chi connectivity index (χ3n) is 5.76. The Morgan fingerprint density at radius 3 is 1.89 bits per heavy atom. The second kappa shape index (κ2) is 14.9. The largest absolute Gasteiger partial charge is 0.465 e. The first-order chi connectivity index (χ1) is 13.1. The van der Waals surface area contributed by atoms with Crippen LogP contribution in [0.3, 0.4) is 0 Å². The van der Waals surface area contributed by atoms with Gasteiger partial charge in [-0.15, -0.1) is 0 Å². The Bertz CT molecular complexity index is 407. The van der Waals surface area contributed by atoms with Gasteiger partial charge in [-0.25, -0.2) is 0 Å². The van der Waals surface area contributed by atoms with E-state index < -0.39 is 0 Å². The van der Waals surface area contributed by atoms with E-state index in [1.807, 2.05) is 13.8 Å². The molecule has 1 fully saturated rings. The van der Waals surface area contributed by atoms with E-state index in [0.29, 0.717) is 6.61 Å². The van der Waals surface area contributed by atoms with Crippen LogP contribution in [-0.2, 0) is 19.1 Å². The summed E-state index contributed by atoms with van der Waals surface area (Å²) >= 11 is 0. The molecule has 0 aliphatic heterocycles. The maximum absolute atomic E-state index is 12.5. The number of esters is 2. The maximum atomic E-state index is 12.5. The van der Waals surface area contributed by atoms with Crippen LogP contribution in [0.15, 0.2) is 0 Å². The van der Waals surface area contributed by atoms with E-state index in [1.54, 1.807) is 0 Å². The highest BCUT2D eigenvalue weighted by Crippen LogP contribution is 2.32. The van der Waals surface area contributed by atoms with Gasteiger partial charge in [-0.1, -0.05) is 78.1 Å². The van der Waals surface area contributed by atoms with Gasteiger partial charge in [0.1, 0.15) is 0 Å². The summed E-state index contributed by atoms with van der Waals surface area (Å²) in [4.78, 5) is 24.9. The lowest BCUT2D eigenvalue weighted by molar-refractivity contribution is -0.165. The molecular weight excluding hydrogens is 340 g/mol. The molecular formula is C23H42O4. The van der Waals surface area contributed by atoms with Crippen LogP contribution in [0, 0.1) is 11.8 Å². The van der Waals surface area contributed by atoms with E-state index in [4.69, 9.17) is 9.47 Å². The molecule has 0 aromatic rings. The van der Waals surface area contributed by atoms with Crippen LogP contribution in [-0.4, -0.2) is 24.6 Å². The van der Waals surface area contributed by atoms with Crippen molar-refractivity contribution in [2.45, 2.75) is 117 Å². The fourth-order valence-electron chi connectivity index (χ4n) is 3.76. The molecule has 1 aliphatic rings. The van der Waals surface area contributed by atoms with Crippen LogP contribution in [0.1, 0.15) is 111 Å². The lowest BCUT2D eigenvalue weighted by atomic mass is 9.79. The van der Waals surface area contributed by atoms with Gasteiger partial charge in [-0.05, 0) is 32.6 Å². The van der Waals surface area contributed by atoms with Crippen LogP contribution in [0.25, 0.3) is 0 Å². The molecule has 1 aliphatic carbocycles. The lowest BCUT2D eigenvalue weighted by Gasteiger charge is -2.29. The summed E-state index contributed by atoms with van der Waals surface area (Å²) in [6, 6.07) is 0. The number of hydrogen-bond donors (Lipinski definition) is 0. The highest BCUT2D eigenvalue weighted by atomic mass is 16.5. The van der Waals surface area contributed by atoms with Gasteiger partial charge >= 0.3 is 11.9 Å². The van der Waals surface area contributed by atoms with Crippen LogP contribution < -0.4 is 0 Å². The predicted molar refractivity (Wildman–Crippen MR) is 109 cm³/mol. The number of ether oxygens (including phenoxy) is 2. The van der Waals surface area contributed by atoms with Gasteiger partial charge in [0.2, 0.25) is 0 Å². The molecule has 3 unspecified atom stereocenters. The molecule has 0 aromatic carbocycles. The van der Waals surface area contributed by atoms with Crippen LogP contribution in [0.5, 0.6) is 0 Å². The van der Waals surface area contributed by atoms with E-state index in [9.17, 15) is 9.59 Å². The predicted octanol–water partition coefficient (Wildman–Crippen LogP) is 6.21. The third kappa shape index (κ3) is 10.2. The van der Waals surface area contributed by atoms with Gasteiger partial charge in [0, 0.05) is 0 Å². The summed E-state index contributed by atoms with van der Waals surface area (Å²) in [5, 5.41) is 0. The van der Waals surface area contributed by atoms with Crippen LogP contribution in [0.4, 0.5) is 0 Å². The lowest BCUT2D eigenvalue weighted by Crippen LogP contribution is -2.36. The van der Waals surface area contributed by atoms with Gasteiger partial charge in [0.05, 0.1) is 24.5 Å². The van der Waals surface area contributed by atoms with Crippen molar-refractivity contribution in [3.05, 3.63) is 0 Å². The molecule has 0 radical (unpaired) electrons. The maximum Gasteiger partial charge on any atom is 0.310 e. The molecule has 0 amide bonds. The summed E-state index contributed by atoms with van der Waals surface area (Å²) in [6.45, 7) is 6.62. The zero-order valence-electron chi connectivity index (χ0n) is 18.0. The number of hydrogen-bond acceptors (Lipinski definition) is 4. The van der Waals surface area contributed by atoms with Gasteiger partial charge in [-0.3, -0.25) is 9.59 Å². The summed E-state index contributed by atoms with van der Waals surface area (Å²) in [5.74, 6) is -1.04. The topological polar surface area (TPSA) is 52.6 Å². The van der Waals surface area contributed by atoms with Gasteiger partial charge in [0.25, 0.3) is 0 Å². The van der Waals surface area contributed by atoms with Crippen molar-refractivity contribution in [1.29, 1.82) is 0 Å². The molecule has 1 saturated carbocycles. The molecule has 4 nitrogen and oxygen atoms in total. The molecule has 0 spiro atoms. The molecule has 3 atom stereocenters. The van der Waals surface area contributed by atoms with Crippen molar-refractivity contribution in [1.82, 2.24) is 0 Å². The minimum atomic E-state index is -0.316. The Kier molecular flexibility index (Phi) is 13.3. The molecule has 4 heteroatoms. The summed E-state index contributed by atoms with van der Waals surface area (Å²) in [5.41, 5.74) is 0. The van der Waals surface area contributed by atoms with Crippen LogP contribution in [0.2, 0.25) is 0 Å². The van der Waals surface area contributed by atoms with Crippen molar-refractivity contribution in [3.63, 3.8) is 0 Å². The molecule has 0 saturated heterocycles. The van der Waals surface area contributed by atoms with Crippen molar-refractivity contribution in [2.75, 3.05) is 6.61 Å². The zero-order valence-corrected chi connectivity index (χ0v) is 18.0. The number of carbonyl (C=O) groups excluding carboxylic acids is 2. The van der Waals surface area contributed by atoms with Gasteiger partial charge < -0.3 is 9.47 Å². The first-order valence-corrected chi connectivity index (χ1v) is 11.5. The van der Waals surface area contributed by atoms with Crippen molar-refractivity contribution < 1.29 is 19.1 Å². The molecule has 0 N–H and O–H groups in total. The Morgan fingerprint density at radius 1 is 0.815 bits per heavy atom. The summed E-state index contributed by atoms with van der Waals surface area (Å²) in [6.07, 6.45) is 15.4. The zero-order chi connectivity index (χ0) is 19.9. The molecule has 27 heavy (non-hydrogen) atoms. The molecule has 0 bridgehead atoms. The first kappa shape index (κ1) is 24.0. The Balaban J connectivity index is 2.20. The third-order valence-corrected chi connectivity index (χ3v) is 5.76. The molecule has 1 rings (SSSR count). The van der Waals surface area contributed by atoms with Gasteiger partial charge in [-0.2, -0.15) is 0 Å². The average molecular weight is 383 g/mol. The number of carbonyl (C=O) groups is 2. The SMILES string of the molecule is CCCCCCCCCCCOC(=O)C1CCCCC1C(=O)OC(C)CC. The number of unbranched alkanes of at least 4 members (excludes halogenated alkanes) is 8. The van der Waals surface area contributed by atoms with Gasteiger partial charge in [0.15, 0.2) is 0 Å². The monoisotopic (exact) mass is 382 g/mol. The van der Waals surface area contributed by atoms with E-state index in [1.165, 1.54) is 44.9 Å². The highest BCUT2D eigenvalue weighted by Gasteiger charge is 2.38.